The van der Waals surface area contributed by atoms with E-state index >= 15 is 0 Å². The van der Waals surface area contributed by atoms with Gasteiger partial charge in [-0.2, -0.15) is 0 Å². The third-order valence-electron chi connectivity index (χ3n) is 3.32. The minimum absolute atomic E-state index is 0.143. The summed E-state index contributed by atoms with van der Waals surface area (Å²) in [7, 11) is 1.95. The minimum Gasteiger partial charge on any atom is -0.494 e. The summed E-state index contributed by atoms with van der Waals surface area (Å²) in [6.07, 6.45) is 1.72. The van der Waals surface area contributed by atoms with Gasteiger partial charge in [-0.15, -0.1) is 10.2 Å². The molecule has 0 radical (unpaired) electrons. The van der Waals surface area contributed by atoms with E-state index in [9.17, 15) is 0 Å². The van der Waals surface area contributed by atoms with Crippen LogP contribution in [0, 0.1) is 0 Å². The minimum atomic E-state index is 0.143. The number of ether oxygens (including phenoxy) is 1. The maximum atomic E-state index is 5.45. The van der Waals surface area contributed by atoms with Gasteiger partial charge in [-0.1, -0.05) is 12.1 Å². The summed E-state index contributed by atoms with van der Waals surface area (Å²) in [6.45, 7) is 6.91. The molecule has 0 spiro atoms. The SMILES string of the molecule is CCOc1ccc(C(C)NC(C)c2nncn2C)cc1. The van der Waals surface area contributed by atoms with Crippen molar-refractivity contribution in [3.63, 3.8) is 0 Å². The second-order valence-electron chi connectivity index (χ2n) is 4.91. The first-order valence-electron chi connectivity index (χ1n) is 6.94. The van der Waals surface area contributed by atoms with Crippen molar-refractivity contribution in [3.05, 3.63) is 42.0 Å². The summed E-state index contributed by atoms with van der Waals surface area (Å²) < 4.78 is 7.39. The zero-order chi connectivity index (χ0) is 14.5. The molecule has 108 valence electrons. The fourth-order valence-electron chi connectivity index (χ4n) is 2.25. The normalized spacial score (nSPS) is 14.0. The maximum absolute atomic E-state index is 5.45. The fourth-order valence-corrected chi connectivity index (χ4v) is 2.25. The van der Waals surface area contributed by atoms with Crippen LogP contribution < -0.4 is 10.1 Å². The van der Waals surface area contributed by atoms with Gasteiger partial charge >= 0.3 is 0 Å². The molecule has 5 heteroatoms. The molecule has 0 aliphatic rings. The average molecular weight is 274 g/mol. The van der Waals surface area contributed by atoms with E-state index in [1.807, 2.05) is 30.7 Å². The topological polar surface area (TPSA) is 52.0 Å². The molecule has 1 aromatic carbocycles. The van der Waals surface area contributed by atoms with Crippen LogP contribution in [-0.2, 0) is 7.05 Å². The highest BCUT2D eigenvalue weighted by molar-refractivity contribution is 5.29. The Kier molecular flexibility index (Phi) is 4.74. The number of hydrogen-bond donors (Lipinski definition) is 1. The van der Waals surface area contributed by atoms with Crippen molar-refractivity contribution in [2.45, 2.75) is 32.9 Å². The predicted octanol–water partition coefficient (Wildman–Crippen LogP) is 2.63. The zero-order valence-corrected chi connectivity index (χ0v) is 12.5. The van der Waals surface area contributed by atoms with Gasteiger partial charge in [-0.25, -0.2) is 0 Å². The molecule has 5 nitrogen and oxygen atoms in total. The van der Waals surface area contributed by atoms with Crippen LogP contribution in [0.15, 0.2) is 30.6 Å². The molecule has 20 heavy (non-hydrogen) atoms. The lowest BCUT2D eigenvalue weighted by Crippen LogP contribution is -2.24. The second kappa shape index (κ2) is 6.52. The smallest absolute Gasteiger partial charge is 0.149 e. The molecule has 1 heterocycles. The lowest BCUT2D eigenvalue weighted by Gasteiger charge is -2.20. The van der Waals surface area contributed by atoms with Crippen LogP contribution in [0.1, 0.15) is 44.2 Å². The first-order valence-corrected chi connectivity index (χ1v) is 6.94. The molecular weight excluding hydrogens is 252 g/mol. The van der Waals surface area contributed by atoms with Gasteiger partial charge in [0.15, 0.2) is 0 Å². The Morgan fingerprint density at radius 2 is 1.90 bits per heavy atom. The molecule has 0 amide bonds. The van der Waals surface area contributed by atoms with Gasteiger partial charge < -0.3 is 14.6 Å². The highest BCUT2D eigenvalue weighted by Crippen LogP contribution is 2.20. The lowest BCUT2D eigenvalue weighted by atomic mass is 10.1. The van der Waals surface area contributed by atoms with Gasteiger partial charge in [0, 0.05) is 13.1 Å². The Morgan fingerprint density at radius 1 is 1.20 bits per heavy atom. The van der Waals surface area contributed by atoms with Crippen molar-refractivity contribution in [1.82, 2.24) is 20.1 Å². The highest BCUT2D eigenvalue weighted by Gasteiger charge is 2.15. The Labute approximate surface area is 120 Å². The van der Waals surface area contributed by atoms with Crippen molar-refractivity contribution in [1.29, 1.82) is 0 Å². The summed E-state index contributed by atoms with van der Waals surface area (Å²) in [6, 6.07) is 8.56. The van der Waals surface area contributed by atoms with E-state index < -0.39 is 0 Å². The van der Waals surface area contributed by atoms with Crippen molar-refractivity contribution in [2.75, 3.05) is 6.61 Å². The average Bonchev–Trinajstić information content (AvgIpc) is 2.86. The molecule has 2 atom stereocenters. The Bertz CT molecular complexity index is 535. The van der Waals surface area contributed by atoms with E-state index in [-0.39, 0.29) is 12.1 Å². The maximum Gasteiger partial charge on any atom is 0.149 e. The second-order valence-corrected chi connectivity index (χ2v) is 4.91. The zero-order valence-electron chi connectivity index (χ0n) is 12.5. The van der Waals surface area contributed by atoms with Crippen LogP contribution in [0.5, 0.6) is 5.75 Å². The molecule has 2 rings (SSSR count). The Morgan fingerprint density at radius 3 is 2.45 bits per heavy atom. The van der Waals surface area contributed by atoms with Crippen LogP contribution in [-0.4, -0.2) is 21.4 Å². The van der Waals surface area contributed by atoms with Crippen molar-refractivity contribution in [2.24, 2.45) is 7.05 Å². The standard InChI is InChI=1S/C15H22N4O/c1-5-20-14-8-6-13(7-9-14)11(2)17-12(3)15-18-16-10-19(15)4/h6-12,17H,5H2,1-4H3. The molecule has 0 aliphatic carbocycles. The number of aryl methyl sites for hydroxylation is 1. The molecule has 0 aliphatic heterocycles. The predicted molar refractivity (Wildman–Crippen MR) is 78.6 cm³/mol. The third-order valence-corrected chi connectivity index (χ3v) is 3.32. The fraction of sp³-hybridized carbons (Fsp3) is 0.467. The van der Waals surface area contributed by atoms with Crippen LogP contribution in [0.4, 0.5) is 0 Å². The molecule has 1 N–H and O–H groups in total. The molecule has 0 saturated carbocycles. The van der Waals surface area contributed by atoms with Crippen molar-refractivity contribution >= 4 is 0 Å². The van der Waals surface area contributed by atoms with E-state index in [0.717, 1.165) is 11.6 Å². The Balaban J connectivity index is 2.00. The first kappa shape index (κ1) is 14.5. The lowest BCUT2D eigenvalue weighted by molar-refractivity contribution is 0.340. The molecule has 0 fully saturated rings. The van der Waals surface area contributed by atoms with Gasteiger partial charge in [0.25, 0.3) is 0 Å². The number of nitrogens with zero attached hydrogens (tertiary/aromatic N) is 3. The molecule has 2 aromatic rings. The molecule has 0 saturated heterocycles. The van der Waals surface area contributed by atoms with Gasteiger partial charge in [0.1, 0.15) is 17.9 Å². The van der Waals surface area contributed by atoms with Crippen LogP contribution in [0.3, 0.4) is 0 Å². The first-order chi connectivity index (χ1) is 9.61. The number of nitrogens with one attached hydrogen (secondary N) is 1. The number of rotatable bonds is 6. The molecule has 1 aromatic heterocycles. The molecule has 2 unspecified atom stereocenters. The number of aromatic nitrogens is 3. The Hall–Kier alpha value is -1.88. The van der Waals surface area contributed by atoms with E-state index in [2.05, 4.69) is 41.5 Å². The van der Waals surface area contributed by atoms with E-state index in [1.54, 1.807) is 6.33 Å². The number of hydrogen-bond acceptors (Lipinski definition) is 4. The van der Waals surface area contributed by atoms with E-state index in [0.29, 0.717) is 6.61 Å². The van der Waals surface area contributed by atoms with Gasteiger partial charge in [0.05, 0.1) is 12.6 Å². The van der Waals surface area contributed by atoms with Crippen molar-refractivity contribution in [3.8, 4) is 5.75 Å². The largest absolute Gasteiger partial charge is 0.494 e. The van der Waals surface area contributed by atoms with E-state index in [1.165, 1.54) is 5.56 Å². The molecule has 0 bridgehead atoms. The summed E-state index contributed by atoms with van der Waals surface area (Å²) in [5, 5.41) is 11.6. The van der Waals surface area contributed by atoms with Gasteiger partial charge in [0.2, 0.25) is 0 Å². The summed E-state index contributed by atoms with van der Waals surface area (Å²) >= 11 is 0. The van der Waals surface area contributed by atoms with Crippen LogP contribution in [0.25, 0.3) is 0 Å². The van der Waals surface area contributed by atoms with Crippen LogP contribution in [0.2, 0.25) is 0 Å². The summed E-state index contributed by atoms with van der Waals surface area (Å²) in [5.41, 5.74) is 1.22. The van der Waals surface area contributed by atoms with Gasteiger partial charge in [-0.3, -0.25) is 0 Å². The van der Waals surface area contributed by atoms with Crippen molar-refractivity contribution < 1.29 is 4.74 Å². The van der Waals surface area contributed by atoms with E-state index in [4.69, 9.17) is 4.74 Å². The summed E-state index contributed by atoms with van der Waals surface area (Å²) in [4.78, 5) is 0. The third kappa shape index (κ3) is 3.36. The van der Waals surface area contributed by atoms with Crippen LogP contribution >= 0.6 is 0 Å². The monoisotopic (exact) mass is 274 g/mol. The number of benzene rings is 1. The van der Waals surface area contributed by atoms with Gasteiger partial charge in [-0.05, 0) is 38.5 Å². The summed E-state index contributed by atoms with van der Waals surface area (Å²) in [5.74, 6) is 1.84. The quantitative estimate of drug-likeness (QED) is 0.879. The molecular formula is C15H22N4O. The highest BCUT2D eigenvalue weighted by atomic mass is 16.5.